The summed E-state index contributed by atoms with van der Waals surface area (Å²) in [6, 6.07) is 10.2. The first-order valence-electron chi connectivity index (χ1n) is 7.91. The Morgan fingerprint density at radius 3 is 2.86 bits per heavy atom. The molecule has 1 N–H and O–H groups in total. The summed E-state index contributed by atoms with van der Waals surface area (Å²) >= 11 is 0. The lowest BCUT2D eigenvalue weighted by Crippen LogP contribution is -2.38. The van der Waals surface area contributed by atoms with Gasteiger partial charge in [-0.2, -0.15) is 0 Å². The molecule has 0 saturated carbocycles. The first-order chi connectivity index (χ1) is 10.3. The quantitative estimate of drug-likeness (QED) is 0.838. The van der Waals surface area contributed by atoms with E-state index in [1.807, 2.05) is 42.3 Å². The zero-order valence-corrected chi connectivity index (χ0v) is 12.9. The van der Waals surface area contributed by atoms with E-state index in [9.17, 15) is 4.79 Å². The van der Waals surface area contributed by atoms with E-state index in [-0.39, 0.29) is 5.91 Å². The first kappa shape index (κ1) is 15.8. The van der Waals surface area contributed by atoms with E-state index in [0.717, 1.165) is 25.3 Å². The van der Waals surface area contributed by atoms with Crippen LogP contribution in [0.1, 0.15) is 32.1 Å². The molecule has 0 spiro atoms. The predicted molar refractivity (Wildman–Crippen MR) is 84.4 cm³/mol. The van der Waals surface area contributed by atoms with Crippen LogP contribution < -0.4 is 10.1 Å². The number of piperidine rings is 1. The monoisotopic (exact) mass is 290 g/mol. The second-order valence-corrected chi connectivity index (χ2v) is 5.66. The summed E-state index contributed by atoms with van der Waals surface area (Å²) in [6.45, 7) is 2.38. The van der Waals surface area contributed by atoms with E-state index in [1.165, 1.54) is 19.3 Å². The number of nitrogens with one attached hydrogen (secondary N) is 1. The van der Waals surface area contributed by atoms with Gasteiger partial charge in [-0.15, -0.1) is 0 Å². The number of ether oxygens (including phenoxy) is 1. The minimum absolute atomic E-state index is 0.154. The Balaban J connectivity index is 1.60. The number of hydrogen-bond acceptors (Lipinski definition) is 3. The molecule has 0 radical (unpaired) electrons. The molecule has 1 aliphatic heterocycles. The molecular formula is C17H26N2O2. The second-order valence-electron chi connectivity index (χ2n) is 5.66. The zero-order chi connectivity index (χ0) is 14.9. The maximum Gasteiger partial charge on any atom is 0.225 e. The number of benzene rings is 1. The summed E-state index contributed by atoms with van der Waals surface area (Å²) in [5.41, 5.74) is 0. The Bertz CT molecular complexity index is 416. The van der Waals surface area contributed by atoms with Crippen LogP contribution in [0.15, 0.2) is 30.3 Å². The van der Waals surface area contributed by atoms with Gasteiger partial charge in [0.05, 0.1) is 13.0 Å². The number of rotatable bonds is 7. The summed E-state index contributed by atoms with van der Waals surface area (Å²) in [6.07, 6.45) is 5.30. The molecule has 1 fully saturated rings. The normalized spacial score (nSPS) is 18.2. The van der Waals surface area contributed by atoms with E-state index in [2.05, 4.69) is 5.32 Å². The van der Waals surface area contributed by atoms with E-state index >= 15 is 0 Å². The number of carbonyl (C=O) groups is 1. The smallest absolute Gasteiger partial charge is 0.225 e. The van der Waals surface area contributed by atoms with Gasteiger partial charge in [0.1, 0.15) is 5.75 Å². The molecule has 0 aromatic heterocycles. The highest BCUT2D eigenvalue weighted by Gasteiger charge is 2.15. The van der Waals surface area contributed by atoms with Crippen LogP contribution in [0.3, 0.4) is 0 Å². The van der Waals surface area contributed by atoms with Gasteiger partial charge in [-0.05, 0) is 37.9 Å². The molecule has 1 amide bonds. The molecule has 4 heteroatoms. The molecule has 21 heavy (non-hydrogen) atoms. The molecule has 1 unspecified atom stereocenters. The van der Waals surface area contributed by atoms with Crippen molar-refractivity contribution in [2.45, 2.75) is 38.1 Å². The van der Waals surface area contributed by atoms with Crippen molar-refractivity contribution in [1.29, 1.82) is 0 Å². The topological polar surface area (TPSA) is 41.6 Å². The number of carbonyl (C=O) groups excluding carboxylic acids is 1. The Kier molecular flexibility index (Phi) is 6.54. The van der Waals surface area contributed by atoms with Crippen LogP contribution in [-0.2, 0) is 4.79 Å². The van der Waals surface area contributed by atoms with E-state index in [1.54, 1.807) is 0 Å². The van der Waals surface area contributed by atoms with Crippen molar-refractivity contribution in [2.24, 2.45) is 0 Å². The first-order valence-corrected chi connectivity index (χ1v) is 7.91. The van der Waals surface area contributed by atoms with Gasteiger partial charge >= 0.3 is 0 Å². The van der Waals surface area contributed by atoms with Gasteiger partial charge in [-0.3, -0.25) is 4.79 Å². The minimum atomic E-state index is 0.154. The highest BCUT2D eigenvalue weighted by Crippen LogP contribution is 2.11. The van der Waals surface area contributed by atoms with Crippen LogP contribution in [0.4, 0.5) is 0 Å². The number of hydrogen-bond donors (Lipinski definition) is 1. The highest BCUT2D eigenvalue weighted by molar-refractivity contribution is 5.75. The Morgan fingerprint density at radius 2 is 2.14 bits per heavy atom. The second kappa shape index (κ2) is 8.67. The van der Waals surface area contributed by atoms with Crippen LogP contribution >= 0.6 is 0 Å². The van der Waals surface area contributed by atoms with Crippen LogP contribution in [0.25, 0.3) is 0 Å². The standard InChI is InChI=1S/C17H26N2O2/c1-19(13-10-15-7-5-6-12-18-15)17(20)11-14-21-16-8-3-2-4-9-16/h2-4,8-9,15,18H,5-7,10-14H2,1H3. The average Bonchev–Trinajstić information content (AvgIpc) is 2.54. The Morgan fingerprint density at radius 1 is 1.33 bits per heavy atom. The summed E-state index contributed by atoms with van der Waals surface area (Å²) in [5, 5.41) is 3.52. The molecule has 4 nitrogen and oxygen atoms in total. The van der Waals surface area contributed by atoms with Crippen molar-refractivity contribution in [2.75, 3.05) is 26.7 Å². The van der Waals surface area contributed by atoms with Gasteiger partial charge in [-0.1, -0.05) is 24.6 Å². The average molecular weight is 290 g/mol. The molecule has 0 aliphatic carbocycles. The molecule has 0 bridgehead atoms. The van der Waals surface area contributed by atoms with Gasteiger partial charge in [0.25, 0.3) is 0 Å². The third-order valence-corrected chi connectivity index (χ3v) is 3.98. The minimum Gasteiger partial charge on any atom is -0.493 e. The molecular weight excluding hydrogens is 264 g/mol. The fourth-order valence-corrected chi connectivity index (χ4v) is 2.61. The number of amides is 1. The van der Waals surface area contributed by atoms with Crippen LogP contribution in [0, 0.1) is 0 Å². The van der Waals surface area contributed by atoms with E-state index in [0.29, 0.717) is 19.1 Å². The third-order valence-electron chi connectivity index (χ3n) is 3.98. The van der Waals surface area contributed by atoms with Gasteiger partial charge in [0.2, 0.25) is 5.91 Å². The fraction of sp³-hybridized carbons (Fsp3) is 0.588. The highest BCUT2D eigenvalue weighted by atomic mass is 16.5. The molecule has 1 aromatic rings. The maximum atomic E-state index is 12.0. The molecule has 1 atom stereocenters. The van der Waals surface area contributed by atoms with Crippen molar-refractivity contribution in [3.05, 3.63) is 30.3 Å². The zero-order valence-electron chi connectivity index (χ0n) is 12.9. The van der Waals surface area contributed by atoms with Gasteiger partial charge in [0.15, 0.2) is 0 Å². The summed E-state index contributed by atoms with van der Waals surface area (Å²) in [5.74, 6) is 0.973. The fourth-order valence-electron chi connectivity index (χ4n) is 2.61. The van der Waals surface area contributed by atoms with Crippen molar-refractivity contribution in [3.8, 4) is 5.75 Å². The molecule has 1 aromatic carbocycles. The lowest BCUT2D eigenvalue weighted by molar-refractivity contribution is -0.130. The lowest BCUT2D eigenvalue weighted by atomic mass is 10.0. The van der Waals surface area contributed by atoms with Gasteiger partial charge in [0, 0.05) is 19.6 Å². The van der Waals surface area contributed by atoms with Gasteiger partial charge < -0.3 is 15.0 Å². The summed E-state index contributed by atoms with van der Waals surface area (Å²) < 4.78 is 5.56. The Labute approximate surface area is 127 Å². The molecule has 116 valence electrons. The summed E-state index contributed by atoms with van der Waals surface area (Å²) in [7, 11) is 1.88. The predicted octanol–water partition coefficient (Wildman–Crippen LogP) is 2.45. The van der Waals surface area contributed by atoms with Crippen LogP contribution in [0.2, 0.25) is 0 Å². The Hall–Kier alpha value is -1.55. The maximum absolute atomic E-state index is 12.0. The van der Waals surface area contributed by atoms with Crippen molar-refractivity contribution >= 4 is 5.91 Å². The largest absolute Gasteiger partial charge is 0.493 e. The summed E-state index contributed by atoms with van der Waals surface area (Å²) in [4.78, 5) is 13.9. The molecule has 1 heterocycles. The van der Waals surface area contributed by atoms with Crippen LogP contribution in [0.5, 0.6) is 5.75 Å². The van der Waals surface area contributed by atoms with Crippen molar-refractivity contribution in [1.82, 2.24) is 10.2 Å². The number of nitrogens with zero attached hydrogens (tertiary/aromatic N) is 1. The molecule has 2 rings (SSSR count). The van der Waals surface area contributed by atoms with Crippen molar-refractivity contribution in [3.63, 3.8) is 0 Å². The van der Waals surface area contributed by atoms with E-state index in [4.69, 9.17) is 4.74 Å². The SMILES string of the molecule is CN(CCC1CCCCN1)C(=O)CCOc1ccccc1. The van der Waals surface area contributed by atoms with E-state index < -0.39 is 0 Å². The van der Waals surface area contributed by atoms with Crippen LogP contribution in [-0.4, -0.2) is 43.6 Å². The third kappa shape index (κ3) is 5.76. The lowest BCUT2D eigenvalue weighted by Gasteiger charge is -2.26. The molecule has 1 saturated heterocycles. The van der Waals surface area contributed by atoms with Crippen molar-refractivity contribution < 1.29 is 9.53 Å². The van der Waals surface area contributed by atoms with Gasteiger partial charge in [-0.25, -0.2) is 0 Å². The number of para-hydroxylation sites is 1. The molecule has 1 aliphatic rings.